The lowest BCUT2D eigenvalue weighted by molar-refractivity contribution is -0.385. The molecule has 4 rings (SSSR count). The van der Waals surface area contributed by atoms with Crippen molar-refractivity contribution in [2.24, 2.45) is 4.99 Å². The van der Waals surface area contributed by atoms with E-state index >= 15 is 0 Å². The molecule has 0 radical (unpaired) electrons. The molecule has 3 aromatic rings. The number of nitrogens with zero attached hydrogens (tertiary/aromatic N) is 3. The van der Waals surface area contributed by atoms with E-state index in [9.17, 15) is 33.4 Å². The third-order valence-electron chi connectivity index (χ3n) is 5.37. The van der Waals surface area contributed by atoms with Gasteiger partial charge in [-0.2, -0.15) is 8.42 Å². The summed E-state index contributed by atoms with van der Waals surface area (Å²) < 4.78 is 41.1. The smallest absolute Gasteiger partial charge is 0.363 e. The minimum absolute atomic E-state index is 0.0292. The van der Waals surface area contributed by atoms with Crippen LogP contribution in [0.4, 0.5) is 11.4 Å². The largest absolute Gasteiger partial charge is 0.493 e. The molecule has 1 aliphatic rings. The first-order valence-corrected chi connectivity index (χ1v) is 12.5. The minimum atomic E-state index is -4.47. The molecule has 0 spiro atoms. The molecule has 200 valence electrons. The number of halogens is 1. The lowest BCUT2D eigenvalue weighted by Crippen LogP contribution is -2.11. The highest BCUT2D eigenvalue weighted by molar-refractivity contribution is 7.87. The molecule has 1 aliphatic heterocycles. The highest BCUT2D eigenvalue weighted by Crippen LogP contribution is 2.33. The van der Waals surface area contributed by atoms with Gasteiger partial charge in [0.25, 0.3) is 11.4 Å². The number of esters is 1. The lowest BCUT2D eigenvalue weighted by Gasteiger charge is -2.11. The van der Waals surface area contributed by atoms with Gasteiger partial charge in [-0.05, 0) is 48.9 Å². The van der Waals surface area contributed by atoms with Crippen molar-refractivity contribution >= 4 is 51.0 Å². The van der Waals surface area contributed by atoms with Crippen molar-refractivity contribution < 1.29 is 36.7 Å². The molecule has 0 amide bonds. The first-order valence-electron chi connectivity index (χ1n) is 10.7. The number of aliphatic imine (C=N–C) groups is 1. The topological polar surface area (TPSA) is 178 Å². The molecule has 0 aromatic heterocycles. The summed E-state index contributed by atoms with van der Waals surface area (Å²) >= 11 is 5.82. The van der Waals surface area contributed by atoms with Crippen LogP contribution in [0.1, 0.15) is 16.7 Å². The summed E-state index contributed by atoms with van der Waals surface area (Å²) in [5.41, 5.74) is -0.129. The second-order valence-electron chi connectivity index (χ2n) is 7.91. The van der Waals surface area contributed by atoms with E-state index in [1.165, 1.54) is 62.6 Å². The van der Waals surface area contributed by atoms with Gasteiger partial charge in [-0.3, -0.25) is 20.2 Å². The minimum Gasteiger partial charge on any atom is -0.493 e. The predicted molar refractivity (Wildman–Crippen MR) is 137 cm³/mol. The molecular formula is C24H16ClN3O10S. The Morgan fingerprint density at radius 3 is 2.36 bits per heavy atom. The Morgan fingerprint density at radius 2 is 1.69 bits per heavy atom. The van der Waals surface area contributed by atoms with Gasteiger partial charge in [0.05, 0.1) is 17.0 Å². The number of aryl methyl sites for hydroxylation is 1. The highest BCUT2D eigenvalue weighted by Gasteiger charge is 2.27. The van der Waals surface area contributed by atoms with Crippen LogP contribution in [0.5, 0.6) is 11.5 Å². The zero-order valence-electron chi connectivity index (χ0n) is 20.0. The van der Waals surface area contributed by atoms with Crippen LogP contribution in [-0.2, 0) is 19.6 Å². The molecule has 0 atom stereocenters. The molecule has 0 aliphatic carbocycles. The molecule has 0 saturated heterocycles. The number of nitro benzene ring substituents is 2. The van der Waals surface area contributed by atoms with Gasteiger partial charge in [-0.1, -0.05) is 23.7 Å². The van der Waals surface area contributed by atoms with E-state index in [4.69, 9.17) is 25.3 Å². The van der Waals surface area contributed by atoms with Crippen LogP contribution in [0.25, 0.3) is 6.08 Å². The molecule has 0 bridgehead atoms. The monoisotopic (exact) mass is 573 g/mol. The van der Waals surface area contributed by atoms with E-state index in [1.54, 1.807) is 0 Å². The van der Waals surface area contributed by atoms with E-state index in [1.807, 2.05) is 0 Å². The second-order valence-corrected chi connectivity index (χ2v) is 9.87. The summed E-state index contributed by atoms with van der Waals surface area (Å²) in [6, 6.07) is 11.2. The van der Waals surface area contributed by atoms with E-state index in [2.05, 4.69) is 4.99 Å². The molecule has 0 N–H and O–H groups in total. The number of cyclic esters (lactones) is 1. The average Bonchev–Trinajstić information content (AvgIpc) is 3.24. The van der Waals surface area contributed by atoms with E-state index in [0.717, 1.165) is 12.1 Å². The maximum Gasteiger partial charge on any atom is 0.363 e. The van der Waals surface area contributed by atoms with Gasteiger partial charge < -0.3 is 13.7 Å². The molecule has 0 unspecified atom stereocenters. The molecule has 0 fully saturated rings. The molecule has 0 saturated carbocycles. The molecule has 15 heteroatoms. The van der Waals surface area contributed by atoms with Crippen molar-refractivity contribution in [3.63, 3.8) is 0 Å². The van der Waals surface area contributed by atoms with Crippen molar-refractivity contribution in [1.29, 1.82) is 0 Å². The Labute approximate surface area is 225 Å². The summed E-state index contributed by atoms with van der Waals surface area (Å²) in [5, 5.41) is 22.2. The number of carbonyl (C=O) groups is 1. The SMILES string of the molecule is COc1cc(/C=C2\N=C(c3ccc(Cl)c([N+](=O)[O-])c3)OC2=O)ccc1OS(=O)(=O)c1ccc(C)c([N+](=O)[O-])c1. The maximum absolute atomic E-state index is 12.8. The molecule has 39 heavy (non-hydrogen) atoms. The highest BCUT2D eigenvalue weighted by atomic mass is 35.5. The van der Waals surface area contributed by atoms with E-state index < -0.39 is 30.8 Å². The van der Waals surface area contributed by atoms with Crippen LogP contribution in [0.2, 0.25) is 5.02 Å². The summed E-state index contributed by atoms with van der Waals surface area (Å²) in [7, 11) is -3.21. The van der Waals surface area contributed by atoms with Crippen LogP contribution >= 0.6 is 11.6 Å². The lowest BCUT2D eigenvalue weighted by atomic mass is 10.1. The van der Waals surface area contributed by atoms with Crippen LogP contribution < -0.4 is 8.92 Å². The van der Waals surface area contributed by atoms with Gasteiger partial charge in [-0.25, -0.2) is 9.79 Å². The zero-order valence-corrected chi connectivity index (χ0v) is 21.6. The fourth-order valence-corrected chi connectivity index (χ4v) is 4.57. The van der Waals surface area contributed by atoms with Crippen LogP contribution in [0.3, 0.4) is 0 Å². The molecule has 1 heterocycles. The quantitative estimate of drug-likeness (QED) is 0.122. The first-order chi connectivity index (χ1) is 18.4. The second kappa shape index (κ2) is 10.5. The number of rotatable bonds is 8. The van der Waals surface area contributed by atoms with E-state index in [-0.39, 0.29) is 50.6 Å². The Bertz CT molecular complexity index is 1720. The van der Waals surface area contributed by atoms with Crippen molar-refractivity contribution in [2.75, 3.05) is 7.11 Å². The fraction of sp³-hybridized carbons (Fsp3) is 0.0833. The first kappa shape index (κ1) is 27.2. The van der Waals surface area contributed by atoms with Gasteiger partial charge in [-0.15, -0.1) is 0 Å². The van der Waals surface area contributed by atoms with E-state index in [0.29, 0.717) is 5.56 Å². The van der Waals surface area contributed by atoms with Crippen molar-refractivity contribution in [3.8, 4) is 11.5 Å². The number of nitro groups is 2. The van der Waals surface area contributed by atoms with Gasteiger partial charge >= 0.3 is 16.1 Å². The number of benzene rings is 3. The standard InChI is InChI=1S/C24H16ClN3O10S/c1-13-3-6-16(12-19(13)27(30)31)39(34,35)38-21-8-4-14(10-22(21)36-2)9-18-24(29)37-23(26-18)15-5-7-17(25)20(11-15)28(32)33/h3-12H,1-2H3/b18-9-. The predicted octanol–water partition coefficient (Wildman–Crippen LogP) is 4.59. The van der Waals surface area contributed by atoms with Gasteiger partial charge in [0.1, 0.15) is 9.92 Å². The maximum atomic E-state index is 12.8. The zero-order chi connectivity index (χ0) is 28.5. The Balaban J connectivity index is 1.62. The van der Waals surface area contributed by atoms with Gasteiger partial charge in [0.2, 0.25) is 5.90 Å². The van der Waals surface area contributed by atoms with Gasteiger partial charge in [0, 0.05) is 23.3 Å². The fourth-order valence-electron chi connectivity index (χ4n) is 3.43. The summed E-state index contributed by atoms with van der Waals surface area (Å²) in [6.45, 7) is 1.47. The number of carbonyl (C=O) groups excluding carboxylic acids is 1. The Morgan fingerprint density at radius 1 is 0.974 bits per heavy atom. The van der Waals surface area contributed by atoms with Crippen LogP contribution in [-0.4, -0.2) is 37.2 Å². The summed E-state index contributed by atoms with van der Waals surface area (Å²) in [4.78, 5) is 37.0. The normalized spacial score (nSPS) is 14.1. The summed E-state index contributed by atoms with van der Waals surface area (Å²) in [5.74, 6) is -1.24. The number of hydrogen-bond acceptors (Lipinski definition) is 11. The third-order valence-corrected chi connectivity index (χ3v) is 6.92. The molecular weight excluding hydrogens is 558 g/mol. The number of hydrogen-bond donors (Lipinski definition) is 0. The Hall–Kier alpha value is -4.82. The number of methoxy groups -OCH3 is 1. The number of ether oxygens (including phenoxy) is 2. The third kappa shape index (κ3) is 5.71. The summed E-state index contributed by atoms with van der Waals surface area (Å²) in [6.07, 6.45) is 1.32. The van der Waals surface area contributed by atoms with Crippen LogP contribution in [0, 0.1) is 27.2 Å². The van der Waals surface area contributed by atoms with Crippen molar-refractivity contribution in [3.05, 3.63) is 102 Å². The van der Waals surface area contributed by atoms with Crippen molar-refractivity contribution in [1.82, 2.24) is 0 Å². The Kier molecular flexibility index (Phi) is 7.34. The molecule has 13 nitrogen and oxygen atoms in total. The van der Waals surface area contributed by atoms with Crippen LogP contribution in [0.15, 0.2) is 70.2 Å². The average molecular weight is 574 g/mol. The van der Waals surface area contributed by atoms with Gasteiger partial charge in [0.15, 0.2) is 17.2 Å². The molecule has 3 aromatic carbocycles. The van der Waals surface area contributed by atoms with Crippen molar-refractivity contribution in [2.45, 2.75) is 11.8 Å².